The molecule has 0 saturated carbocycles. The predicted octanol–water partition coefficient (Wildman–Crippen LogP) is 4.80. The van der Waals surface area contributed by atoms with E-state index in [2.05, 4.69) is 40.1 Å². The molecule has 0 fully saturated rings. The first kappa shape index (κ1) is 15.5. The van der Waals surface area contributed by atoms with Gasteiger partial charge in [-0.05, 0) is 31.0 Å². The lowest BCUT2D eigenvalue weighted by Crippen LogP contribution is -2.25. The number of phenols is 1. The van der Waals surface area contributed by atoms with Crippen molar-refractivity contribution in [1.29, 1.82) is 0 Å². The van der Waals surface area contributed by atoms with Gasteiger partial charge in [0.2, 0.25) is 0 Å². The zero-order chi connectivity index (χ0) is 14.5. The van der Waals surface area contributed by atoms with Crippen LogP contribution in [0.15, 0.2) is 34.2 Å². The van der Waals surface area contributed by atoms with E-state index in [1.165, 1.54) is 0 Å². The van der Waals surface area contributed by atoms with E-state index in [1.807, 2.05) is 23.7 Å². The summed E-state index contributed by atoms with van der Waals surface area (Å²) in [5.41, 5.74) is 0.928. The minimum atomic E-state index is 0.112. The van der Waals surface area contributed by atoms with E-state index >= 15 is 0 Å². The van der Waals surface area contributed by atoms with Crippen LogP contribution >= 0.6 is 27.3 Å². The van der Waals surface area contributed by atoms with E-state index in [1.54, 1.807) is 17.4 Å². The van der Waals surface area contributed by atoms with Crippen LogP contribution in [-0.2, 0) is 0 Å². The Kier molecular flexibility index (Phi) is 5.57. The van der Waals surface area contributed by atoms with E-state index < -0.39 is 0 Å². The first-order chi connectivity index (χ1) is 9.65. The third-order valence-electron chi connectivity index (χ3n) is 3.33. The molecule has 2 aromatic rings. The fraction of sp³-hybridized carbons (Fsp3) is 0.400. The molecule has 3 nitrogen and oxygen atoms in total. The number of benzene rings is 1. The highest BCUT2D eigenvalue weighted by Gasteiger charge is 2.20. The van der Waals surface area contributed by atoms with Gasteiger partial charge in [-0.2, -0.15) is 0 Å². The molecule has 5 heteroatoms. The van der Waals surface area contributed by atoms with Gasteiger partial charge in [-0.25, -0.2) is 4.98 Å². The summed E-state index contributed by atoms with van der Waals surface area (Å²) in [6.07, 6.45) is 3.71. The van der Waals surface area contributed by atoms with Gasteiger partial charge in [-0.3, -0.25) is 0 Å². The summed E-state index contributed by atoms with van der Waals surface area (Å²) >= 11 is 5.13. The molecule has 1 aromatic carbocycles. The van der Waals surface area contributed by atoms with Crippen molar-refractivity contribution in [2.24, 2.45) is 0 Å². The minimum Gasteiger partial charge on any atom is -0.508 e. The van der Waals surface area contributed by atoms with Crippen molar-refractivity contribution in [3.8, 4) is 5.75 Å². The molecule has 0 aliphatic rings. The SMILES string of the molecule is CCC(NC(CC)c1cc(Br)ccc1O)c1nccs1. The molecule has 1 aromatic heterocycles. The molecule has 0 bridgehead atoms. The van der Waals surface area contributed by atoms with Gasteiger partial charge in [0.15, 0.2) is 0 Å². The first-order valence-electron chi connectivity index (χ1n) is 6.79. The zero-order valence-corrected chi connectivity index (χ0v) is 14.0. The Labute approximate surface area is 132 Å². The Balaban J connectivity index is 2.21. The molecule has 0 radical (unpaired) electrons. The molecular formula is C15H19BrN2OS. The number of nitrogens with one attached hydrogen (secondary N) is 1. The van der Waals surface area contributed by atoms with E-state index in [9.17, 15) is 5.11 Å². The van der Waals surface area contributed by atoms with Crippen molar-refractivity contribution in [1.82, 2.24) is 10.3 Å². The highest BCUT2D eigenvalue weighted by Crippen LogP contribution is 2.32. The van der Waals surface area contributed by atoms with Crippen LogP contribution in [0.25, 0.3) is 0 Å². The maximum atomic E-state index is 10.1. The lowest BCUT2D eigenvalue weighted by Gasteiger charge is -2.24. The number of thiazole rings is 1. The Bertz CT molecular complexity index is 545. The molecule has 0 spiro atoms. The largest absolute Gasteiger partial charge is 0.508 e. The highest BCUT2D eigenvalue weighted by molar-refractivity contribution is 9.10. The van der Waals surface area contributed by atoms with Crippen LogP contribution in [-0.4, -0.2) is 10.1 Å². The van der Waals surface area contributed by atoms with Crippen LogP contribution in [0.2, 0.25) is 0 Å². The number of rotatable bonds is 6. The smallest absolute Gasteiger partial charge is 0.120 e. The number of hydrogen-bond acceptors (Lipinski definition) is 4. The van der Waals surface area contributed by atoms with E-state index in [4.69, 9.17) is 0 Å². The summed E-state index contributed by atoms with van der Waals surface area (Å²) < 4.78 is 0.979. The number of nitrogens with zero attached hydrogens (tertiary/aromatic N) is 1. The molecule has 2 unspecified atom stereocenters. The van der Waals surface area contributed by atoms with Gasteiger partial charge in [0.25, 0.3) is 0 Å². The van der Waals surface area contributed by atoms with Crippen LogP contribution < -0.4 is 5.32 Å². The van der Waals surface area contributed by atoms with Crippen molar-refractivity contribution < 1.29 is 5.11 Å². The molecule has 0 saturated heterocycles. The Hall–Kier alpha value is -0.910. The molecule has 2 rings (SSSR count). The average molecular weight is 355 g/mol. The first-order valence-corrected chi connectivity index (χ1v) is 8.46. The monoisotopic (exact) mass is 354 g/mol. The fourth-order valence-corrected chi connectivity index (χ4v) is 3.41. The van der Waals surface area contributed by atoms with Crippen molar-refractivity contribution in [3.05, 3.63) is 44.8 Å². The number of aromatic hydroxyl groups is 1. The lowest BCUT2D eigenvalue weighted by molar-refractivity contribution is 0.401. The molecule has 1 heterocycles. The van der Waals surface area contributed by atoms with Gasteiger partial charge >= 0.3 is 0 Å². The molecule has 2 atom stereocenters. The summed E-state index contributed by atoms with van der Waals surface area (Å²) in [7, 11) is 0. The second-order valence-electron chi connectivity index (χ2n) is 4.66. The Morgan fingerprint density at radius 3 is 2.65 bits per heavy atom. The maximum absolute atomic E-state index is 10.1. The van der Waals surface area contributed by atoms with Crippen LogP contribution in [0.4, 0.5) is 0 Å². The van der Waals surface area contributed by atoms with Gasteiger partial charge in [-0.1, -0.05) is 29.8 Å². The lowest BCUT2D eigenvalue weighted by atomic mass is 10.0. The zero-order valence-electron chi connectivity index (χ0n) is 11.6. The highest BCUT2D eigenvalue weighted by atomic mass is 79.9. The maximum Gasteiger partial charge on any atom is 0.120 e. The Morgan fingerprint density at radius 1 is 1.30 bits per heavy atom. The third kappa shape index (κ3) is 3.59. The summed E-state index contributed by atoms with van der Waals surface area (Å²) in [5.74, 6) is 0.335. The summed E-state index contributed by atoms with van der Waals surface area (Å²) in [4.78, 5) is 4.39. The standard InChI is InChI=1S/C15H19BrN2OS/c1-3-12(11-9-10(16)5-6-14(11)19)18-13(4-2)15-17-7-8-20-15/h5-9,12-13,18-19H,3-4H2,1-2H3. The predicted molar refractivity (Wildman–Crippen MR) is 87.1 cm³/mol. The van der Waals surface area contributed by atoms with Crippen molar-refractivity contribution in [2.45, 2.75) is 38.8 Å². The minimum absolute atomic E-state index is 0.112. The van der Waals surface area contributed by atoms with Crippen LogP contribution in [0, 0.1) is 0 Å². The van der Waals surface area contributed by atoms with Crippen LogP contribution in [0.5, 0.6) is 5.75 Å². The van der Waals surface area contributed by atoms with Gasteiger partial charge in [0.05, 0.1) is 6.04 Å². The number of aromatic nitrogens is 1. The van der Waals surface area contributed by atoms with Crippen LogP contribution in [0.3, 0.4) is 0 Å². The Morgan fingerprint density at radius 2 is 2.05 bits per heavy atom. The topological polar surface area (TPSA) is 45.1 Å². The summed E-state index contributed by atoms with van der Waals surface area (Å²) in [6, 6.07) is 5.89. The molecule has 0 amide bonds. The average Bonchev–Trinajstić information content (AvgIpc) is 2.97. The second kappa shape index (κ2) is 7.20. The molecule has 20 heavy (non-hydrogen) atoms. The van der Waals surface area contributed by atoms with Gasteiger partial charge < -0.3 is 10.4 Å². The molecule has 0 aliphatic carbocycles. The van der Waals surface area contributed by atoms with Crippen molar-refractivity contribution >= 4 is 27.3 Å². The summed E-state index contributed by atoms with van der Waals surface area (Å²) in [6.45, 7) is 4.26. The molecule has 2 N–H and O–H groups in total. The van der Waals surface area contributed by atoms with Gasteiger partial charge in [0, 0.05) is 27.7 Å². The number of halogens is 1. The molecular weight excluding hydrogens is 336 g/mol. The van der Waals surface area contributed by atoms with Gasteiger partial charge in [-0.15, -0.1) is 11.3 Å². The molecule has 108 valence electrons. The van der Waals surface area contributed by atoms with Crippen molar-refractivity contribution in [3.63, 3.8) is 0 Å². The van der Waals surface area contributed by atoms with E-state index in [0.717, 1.165) is 27.9 Å². The number of phenolic OH excluding ortho intramolecular Hbond substituents is 1. The number of hydrogen-bond donors (Lipinski definition) is 2. The fourth-order valence-electron chi connectivity index (χ4n) is 2.25. The van der Waals surface area contributed by atoms with Gasteiger partial charge in [0.1, 0.15) is 10.8 Å². The second-order valence-corrected chi connectivity index (χ2v) is 6.50. The summed E-state index contributed by atoms with van der Waals surface area (Å²) in [5, 5.41) is 16.8. The van der Waals surface area contributed by atoms with E-state index in [0.29, 0.717) is 5.75 Å². The third-order valence-corrected chi connectivity index (χ3v) is 4.72. The van der Waals surface area contributed by atoms with Crippen molar-refractivity contribution in [2.75, 3.05) is 0 Å². The quantitative estimate of drug-likeness (QED) is 0.782. The normalized spacial score (nSPS) is 14.2. The molecule has 0 aliphatic heterocycles. The van der Waals surface area contributed by atoms with E-state index in [-0.39, 0.29) is 12.1 Å². The van der Waals surface area contributed by atoms with Crippen LogP contribution in [0.1, 0.15) is 49.3 Å².